The fraction of sp³-hybridized carbons (Fsp3) is 0.238. The van der Waals surface area contributed by atoms with Crippen LogP contribution < -0.4 is 21.1 Å². The highest BCUT2D eigenvalue weighted by Crippen LogP contribution is 2.36. The first kappa shape index (κ1) is 20.5. The van der Waals surface area contributed by atoms with Crippen molar-refractivity contribution >= 4 is 29.1 Å². The summed E-state index contributed by atoms with van der Waals surface area (Å²) < 4.78 is 6.75. The molecule has 0 spiro atoms. The van der Waals surface area contributed by atoms with Crippen LogP contribution >= 0.6 is 11.6 Å². The number of amides is 2. The Balaban J connectivity index is 2.05. The predicted molar refractivity (Wildman–Crippen MR) is 117 cm³/mol. The third kappa shape index (κ3) is 4.63. The average Bonchev–Trinajstić information content (AvgIpc) is 3.03. The van der Waals surface area contributed by atoms with Crippen LogP contribution in [0.5, 0.6) is 5.75 Å². The first-order chi connectivity index (χ1) is 13.9. The summed E-state index contributed by atoms with van der Waals surface area (Å²) >= 11 is 6.34. The fourth-order valence-electron chi connectivity index (χ4n) is 2.77. The van der Waals surface area contributed by atoms with Gasteiger partial charge in [-0.1, -0.05) is 37.6 Å². The van der Waals surface area contributed by atoms with Gasteiger partial charge in [0.15, 0.2) is 5.82 Å². The van der Waals surface area contributed by atoms with Crippen molar-refractivity contribution in [2.24, 2.45) is 5.92 Å². The third-order valence-corrected chi connectivity index (χ3v) is 4.59. The Kier molecular flexibility index (Phi) is 6.29. The highest BCUT2D eigenvalue weighted by atomic mass is 35.5. The van der Waals surface area contributed by atoms with Crippen LogP contribution in [0.2, 0.25) is 5.02 Å². The highest BCUT2D eigenvalue weighted by molar-refractivity contribution is 6.32. The lowest BCUT2D eigenvalue weighted by molar-refractivity contribution is 0.251. The number of carbonyl (C=O) groups is 1. The molecule has 29 heavy (non-hydrogen) atoms. The van der Waals surface area contributed by atoms with Gasteiger partial charge in [0.25, 0.3) is 0 Å². The minimum Gasteiger partial charge on any atom is -0.497 e. The van der Waals surface area contributed by atoms with Crippen molar-refractivity contribution in [2.45, 2.75) is 13.8 Å². The van der Waals surface area contributed by atoms with E-state index < -0.39 is 0 Å². The van der Waals surface area contributed by atoms with Gasteiger partial charge < -0.3 is 21.1 Å². The molecule has 0 saturated heterocycles. The Morgan fingerprint density at radius 3 is 2.52 bits per heavy atom. The molecule has 0 atom stereocenters. The summed E-state index contributed by atoms with van der Waals surface area (Å²) in [4.78, 5) is 12.4. The Labute approximate surface area is 174 Å². The van der Waals surface area contributed by atoms with E-state index in [0.717, 1.165) is 11.3 Å². The van der Waals surface area contributed by atoms with Gasteiger partial charge >= 0.3 is 6.03 Å². The average molecular weight is 414 g/mol. The first-order valence-electron chi connectivity index (χ1n) is 9.23. The minimum absolute atomic E-state index is 0.281. The zero-order valence-corrected chi connectivity index (χ0v) is 17.3. The Hall–Kier alpha value is -3.19. The van der Waals surface area contributed by atoms with E-state index >= 15 is 0 Å². The van der Waals surface area contributed by atoms with Crippen molar-refractivity contribution in [3.8, 4) is 22.7 Å². The number of nitrogens with one attached hydrogen (secondary N) is 2. The number of nitrogens with two attached hydrogens (primary N) is 1. The quantitative estimate of drug-likeness (QED) is 0.552. The Bertz CT molecular complexity index is 999. The van der Waals surface area contributed by atoms with Gasteiger partial charge in [-0.05, 0) is 42.3 Å². The number of aromatic nitrogens is 2. The molecule has 0 saturated carbocycles. The monoisotopic (exact) mass is 413 g/mol. The van der Waals surface area contributed by atoms with E-state index in [1.165, 1.54) is 4.68 Å². The molecule has 2 amide bonds. The van der Waals surface area contributed by atoms with Gasteiger partial charge in [-0.3, -0.25) is 0 Å². The molecule has 0 aliphatic heterocycles. The Morgan fingerprint density at radius 1 is 1.21 bits per heavy atom. The topological polar surface area (TPSA) is 94.2 Å². The highest BCUT2D eigenvalue weighted by Gasteiger charge is 2.21. The number of urea groups is 1. The molecule has 4 N–H and O–H groups in total. The van der Waals surface area contributed by atoms with Gasteiger partial charge in [0, 0.05) is 12.1 Å². The summed E-state index contributed by atoms with van der Waals surface area (Å²) in [5.41, 5.74) is 8.73. The zero-order chi connectivity index (χ0) is 21.0. The second kappa shape index (κ2) is 8.87. The molecule has 3 rings (SSSR count). The van der Waals surface area contributed by atoms with Crippen molar-refractivity contribution in [3.05, 3.63) is 53.6 Å². The number of nitrogens with zero attached hydrogens (tertiary/aromatic N) is 2. The molecule has 2 aromatic carbocycles. The lowest BCUT2D eigenvalue weighted by atomic mass is 10.1. The second-order valence-corrected chi connectivity index (χ2v) is 7.34. The first-order valence-corrected chi connectivity index (χ1v) is 9.61. The molecule has 8 heteroatoms. The van der Waals surface area contributed by atoms with Crippen molar-refractivity contribution in [2.75, 3.05) is 24.7 Å². The van der Waals surface area contributed by atoms with E-state index in [9.17, 15) is 4.79 Å². The molecule has 7 nitrogen and oxygen atoms in total. The van der Waals surface area contributed by atoms with Crippen molar-refractivity contribution in [1.82, 2.24) is 15.1 Å². The number of nitrogen functional groups attached to an aromatic ring is 1. The second-order valence-electron chi connectivity index (χ2n) is 6.93. The van der Waals surface area contributed by atoms with E-state index in [2.05, 4.69) is 15.7 Å². The van der Waals surface area contributed by atoms with Crippen LogP contribution in [0.3, 0.4) is 0 Å². The van der Waals surface area contributed by atoms with E-state index in [4.69, 9.17) is 22.1 Å². The standard InChI is InChI=1S/C21H24ClN5O2/c1-13(2)12-24-21(28)25-19-18(14-8-10-15(29-3)11-9-14)26-27(20(19)23)17-7-5-4-6-16(17)22/h4-11,13H,12,23H2,1-3H3,(H2,24,25,28). The van der Waals surface area contributed by atoms with Crippen LogP contribution in [0.4, 0.5) is 16.3 Å². The van der Waals surface area contributed by atoms with Gasteiger partial charge in [-0.25, -0.2) is 9.48 Å². The molecule has 3 aromatic rings. The van der Waals surface area contributed by atoms with Crippen molar-refractivity contribution in [3.63, 3.8) is 0 Å². The minimum atomic E-state index is -0.348. The van der Waals surface area contributed by atoms with E-state index in [-0.39, 0.29) is 11.8 Å². The van der Waals surface area contributed by atoms with Crippen LogP contribution in [0, 0.1) is 5.92 Å². The predicted octanol–water partition coefficient (Wildman–Crippen LogP) is 4.56. The van der Waals surface area contributed by atoms with Crippen LogP contribution in [0.25, 0.3) is 16.9 Å². The van der Waals surface area contributed by atoms with Gasteiger partial charge in [0.1, 0.15) is 17.1 Å². The molecule has 1 aromatic heterocycles. The number of anilines is 2. The third-order valence-electron chi connectivity index (χ3n) is 4.27. The fourth-order valence-corrected chi connectivity index (χ4v) is 2.98. The zero-order valence-electron chi connectivity index (χ0n) is 16.6. The normalized spacial score (nSPS) is 10.8. The summed E-state index contributed by atoms with van der Waals surface area (Å²) in [6, 6.07) is 14.2. The molecule has 0 unspecified atom stereocenters. The van der Waals surface area contributed by atoms with Gasteiger partial charge in [0.2, 0.25) is 0 Å². The smallest absolute Gasteiger partial charge is 0.319 e. The molecule has 1 heterocycles. The van der Waals surface area contributed by atoms with E-state index in [0.29, 0.717) is 34.6 Å². The molecule has 0 fully saturated rings. The number of hydrogen-bond acceptors (Lipinski definition) is 4. The maximum absolute atomic E-state index is 12.4. The number of halogens is 1. The number of hydrogen-bond donors (Lipinski definition) is 3. The van der Waals surface area contributed by atoms with Gasteiger partial charge in [0.05, 0.1) is 17.8 Å². The molecule has 152 valence electrons. The summed E-state index contributed by atoms with van der Waals surface area (Å²) in [5, 5.41) is 10.8. The molecule has 0 radical (unpaired) electrons. The van der Waals surface area contributed by atoms with Gasteiger partial charge in [-0.15, -0.1) is 0 Å². The maximum Gasteiger partial charge on any atom is 0.319 e. The van der Waals surface area contributed by atoms with Crippen LogP contribution in [-0.2, 0) is 0 Å². The van der Waals surface area contributed by atoms with Crippen LogP contribution in [0.15, 0.2) is 48.5 Å². The molecule has 0 aliphatic rings. The van der Waals surface area contributed by atoms with Crippen molar-refractivity contribution in [1.29, 1.82) is 0 Å². The lowest BCUT2D eigenvalue weighted by Crippen LogP contribution is -2.32. The number of methoxy groups -OCH3 is 1. The van der Waals surface area contributed by atoms with Crippen LogP contribution in [-0.4, -0.2) is 29.5 Å². The largest absolute Gasteiger partial charge is 0.497 e. The summed E-state index contributed by atoms with van der Waals surface area (Å²) in [6.07, 6.45) is 0. The maximum atomic E-state index is 12.4. The molecular weight excluding hydrogens is 390 g/mol. The summed E-state index contributed by atoms with van der Waals surface area (Å²) in [6.45, 7) is 4.59. The number of para-hydroxylation sites is 1. The molecule has 0 bridgehead atoms. The van der Waals surface area contributed by atoms with E-state index in [1.54, 1.807) is 13.2 Å². The van der Waals surface area contributed by atoms with Crippen molar-refractivity contribution < 1.29 is 9.53 Å². The number of ether oxygens (including phenoxy) is 1. The molecule has 0 aliphatic carbocycles. The Morgan fingerprint density at radius 2 is 1.90 bits per heavy atom. The molecular formula is C21H24ClN5O2. The van der Waals surface area contributed by atoms with E-state index in [1.807, 2.05) is 56.3 Å². The summed E-state index contributed by atoms with van der Waals surface area (Å²) in [7, 11) is 1.60. The van der Waals surface area contributed by atoms with Crippen LogP contribution in [0.1, 0.15) is 13.8 Å². The number of carbonyl (C=O) groups excluding carboxylic acids is 1. The summed E-state index contributed by atoms with van der Waals surface area (Å²) in [5.74, 6) is 1.32. The number of rotatable bonds is 6. The number of benzene rings is 2. The SMILES string of the molecule is COc1ccc(-c2nn(-c3ccccc3Cl)c(N)c2NC(=O)NCC(C)C)cc1. The van der Waals surface area contributed by atoms with Gasteiger partial charge in [-0.2, -0.15) is 5.10 Å². The lowest BCUT2D eigenvalue weighted by Gasteiger charge is -2.11.